The minimum atomic E-state index is -0.170. The van der Waals surface area contributed by atoms with Gasteiger partial charge in [-0.25, -0.2) is 4.39 Å². The molecule has 2 aromatic rings. The maximum atomic E-state index is 13.2. The summed E-state index contributed by atoms with van der Waals surface area (Å²) in [6.45, 7) is 7.35. The first-order valence-electron chi connectivity index (χ1n) is 8.44. The largest absolute Gasteiger partial charge is 0.383 e. The summed E-state index contributed by atoms with van der Waals surface area (Å²) in [6.07, 6.45) is 2.50. The third-order valence-corrected chi connectivity index (χ3v) is 4.84. The fourth-order valence-corrected chi connectivity index (χ4v) is 3.26. The van der Waals surface area contributed by atoms with E-state index in [1.165, 1.54) is 29.5 Å². The van der Waals surface area contributed by atoms with Crippen LogP contribution < -0.4 is 5.32 Å². The second-order valence-corrected chi connectivity index (χ2v) is 6.49. The molecule has 1 unspecified atom stereocenters. The highest BCUT2D eigenvalue weighted by atomic mass is 19.1. The predicted molar refractivity (Wildman–Crippen MR) is 94.4 cm³/mol. The van der Waals surface area contributed by atoms with E-state index in [0.29, 0.717) is 6.04 Å². The van der Waals surface area contributed by atoms with Crippen LogP contribution in [-0.4, -0.2) is 24.5 Å². The first-order valence-corrected chi connectivity index (χ1v) is 8.44. The lowest BCUT2D eigenvalue weighted by molar-refractivity contribution is 0.256. The van der Waals surface area contributed by atoms with Crippen molar-refractivity contribution in [3.63, 3.8) is 0 Å². The quantitative estimate of drug-likeness (QED) is 0.861. The zero-order chi connectivity index (χ0) is 16.2. The number of nitrogens with zero attached hydrogens (tertiary/aromatic N) is 1. The van der Waals surface area contributed by atoms with Gasteiger partial charge in [0.05, 0.1) is 6.04 Å². The summed E-state index contributed by atoms with van der Waals surface area (Å²) in [5, 5.41) is 3.57. The van der Waals surface area contributed by atoms with Crippen LogP contribution in [0.3, 0.4) is 0 Å². The van der Waals surface area contributed by atoms with E-state index in [1.54, 1.807) is 12.1 Å². The summed E-state index contributed by atoms with van der Waals surface area (Å²) < 4.78 is 13.2. The lowest BCUT2D eigenvalue weighted by atomic mass is 10.0. The van der Waals surface area contributed by atoms with Crippen molar-refractivity contribution in [2.75, 3.05) is 25.0 Å². The minimum Gasteiger partial charge on any atom is -0.383 e. The van der Waals surface area contributed by atoms with Crippen molar-refractivity contribution >= 4 is 5.69 Å². The summed E-state index contributed by atoms with van der Waals surface area (Å²) in [5.74, 6) is -0.170. The summed E-state index contributed by atoms with van der Waals surface area (Å²) in [7, 11) is 0. The molecular formula is C20H25FN2. The maximum Gasteiger partial charge on any atom is 0.123 e. The molecule has 3 heteroatoms. The van der Waals surface area contributed by atoms with E-state index >= 15 is 0 Å². The molecule has 2 aromatic carbocycles. The summed E-state index contributed by atoms with van der Waals surface area (Å²) in [4.78, 5) is 2.50. The average molecular weight is 312 g/mol. The molecule has 2 nitrogen and oxygen atoms in total. The van der Waals surface area contributed by atoms with E-state index in [-0.39, 0.29) is 5.82 Å². The Morgan fingerprint density at radius 1 is 1.00 bits per heavy atom. The van der Waals surface area contributed by atoms with Crippen molar-refractivity contribution in [2.24, 2.45) is 0 Å². The van der Waals surface area contributed by atoms with Crippen molar-refractivity contribution in [2.45, 2.75) is 32.7 Å². The number of likely N-dealkylation sites (tertiary alicyclic amines) is 1. The zero-order valence-electron chi connectivity index (χ0n) is 14.0. The summed E-state index contributed by atoms with van der Waals surface area (Å²) in [6, 6.07) is 13.7. The van der Waals surface area contributed by atoms with Crippen LogP contribution in [-0.2, 0) is 0 Å². The highest BCUT2D eigenvalue weighted by molar-refractivity contribution is 5.48. The van der Waals surface area contributed by atoms with Gasteiger partial charge in [-0.1, -0.05) is 18.2 Å². The molecule has 0 amide bonds. The number of aryl methyl sites for hydroxylation is 2. The molecule has 1 saturated heterocycles. The zero-order valence-corrected chi connectivity index (χ0v) is 14.0. The summed E-state index contributed by atoms with van der Waals surface area (Å²) >= 11 is 0. The van der Waals surface area contributed by atoms with Gasteiger partial charge < -0.3 is 5.32 Å². The Balaban J connectivity index is 1.75. The number of rotatable bonds is 5. The lowest BCUT2D eigenvalue weighted by Crippen LogP contribution is -2.31. The minimum absolute atomic E-state index is 0.170. The highest BCUT2D eigenvalue weighted by Gasteiger charge is 2.23. The Morgan fingerprint density at radius 2 is 1.70 bits per heavy atom. The maximum absolute atomic E-state index is 13.2. The van der Waals surface area contributed by atoms with Gasteiger partial charge in [0.25, 0.3) is 0 Å². The van der Waals surface area contributed by atoms with Crippen LogP contribution in [0.5, 0.6) is 0 Å². The Hall–Kier alpha value is -1.87. The van der Waals surface area contributed by atoms with Gasteiger partial charge in [0.1, 0.15) is 5.82 Å². The third kappa shape index (κ3) is 3.91. The molecule has 0 spiro atoms. The van der Waals surface area contributed by atoms with Crippen LogP contribution >= 0.6 is 0 Å². The molecule has 1 heterocycles. The highest BCUT2D eigenvalue weighted by Crippen LogP contribution is 2.26. The molecule has 1 aliphatic rings. The molecule has 122 valence electrons. The van der Waals surface area contributed by atoms with E-state index in [4.69, 9.17) is 0 Å². The van der Waals surface area contributed by atoms with E-state index in [9.17, 15) is 4.39 Å². The Bertz CT molecular complexity index is 645. The van der Waals surface area contributed by atoms with Crippen LogP contribution in [0.2, 0.25) is 0 Å². The van der Waals surface area contributed by atoms with Gasteiger partial charge in [0.2, 0.25) is 0 Å². The molecular weight excluding hydrogens is 287 g/mol. The van der Waals surface area contributed by atoms with E-state index in [0.717, 1.165) is 25.3 Å². The molecule has 1 fully saturated rings. The van der Waals surface area contributed by atoms with Crippen LogP contribution in [0.4, 0.5) is 10.1 Å². The number of anilines is 1. The normalized spacial score (nSPS) is 16.5. The van der Waals surface area contributed by atoms with E-state index in [2.05, 4.69) is 42.3 Å². The fraction of sp³-hybridized carbons (Fsp3) is 0.400. The lowest BCUT2D eigenvalue weighted by Gasteiger charge is -2.28. The third-order valence-electron chi connectivity index (χ3n) is 4.84. The smallest absolute Gasteiger partial charge is 0.123 e. The SMILES string of the molecule is Cc1ccc(NCC(c2ccc(F)cc2)N2CCCC2)cc1C. The van der Waals surface area contributed by atoms with Gasteiger partial charge in [0.15, 0.2) is 0 Å². The van der Waals surface area contributed by atoms with Crippen molar-refractivity contribution in [1.82, 2.24) is 4.90 Å². The second kappa shape index (κ2) is 7.14. The molecule has 1 aliphatic heterocycles. The monoisotopic (exact) mass is 312 g/mol. The average Bonchev–Trinajstić information content (AvgIpc) is 3.07. The molecule has 1 atom stereocenters. The number of nitrogens with one attached hydrogen (secondary N) is 1. The first kappa shape index (κ1) is 16.0. The predicted octanol–water partition coefficient (Wildman–Crippen LogP) is 4.69. The van der Waals surface area contributed by atoms with Gasteiger partial charge in [-0.05, 0) is 80.7 Å². The molecule has 0 aromatic heterocycles. The fourth-order valence-electron chi connectivity index (χ4n) is 3.26. The van der Waals surface area contributed by atoms with E-state index in [1.807, 2.05) is 12.1 Å². The topological polar surface area (TPSA) is 15.3 Å². The van der Waals surface area contributed by atoms with Gasteiger partial charge in [-0.3, -0.25) is 4.90 Å². The van der Waals surface area contributed by atoms with Crippen molar-refractivity contribution in [3.8, 4) is 0 Å². The van der Waals surface area contributed by atoms with Crippen molar-refractivity contribution in [1.29, 1.82) is 0 Å². The Labute approximate surface area is 138 Å². The van der Waals surface area contributed by atoms with Gasteiger partial charge in [0, 0.05) is 12.2 Å². The molecule has 0 aliphatic carbocycles. The van der Waals surface area contributed by atoms with E-state index < -0.39 is 0 Å². The van der Waals surface area contributed by atoms with Crippen molar-refractivity contribution < 1.29 is 4.39 Å². The number of halogens is 1. The molecule has 0 radical (unpaired) electrons. The van der Waals surface area contributed by atoms with Gasteiger partial charge >= 0.3 is 0 Å². The first-order chi connectivity index (χ1) is 11.1. The van der Waals surface area contributed by atoms with Gasteiger partial charge in [-0.2, -0.15) is 0 Å². The Kier molecular flexibility index (Phi) is 4.97. The molecule has 0 bridgehead atoms. The summed E-state index contributed by atoms with van der Waals surface area (Å²) in [5.41, 5.74) is 4.95. The molecule has 0 saturated carbocycles. The number of hydrogen-bond donors (Lipinski definition) is 1. The van der Waals surface area contributed by atoms with Crippen LogP contribution in [0.1, 0.15) is 35.6 Å². The van der Waals surface area contributed by atoms with Crippen LogP contribution in [0, 0.1) is 19.7 Å². The number of benzene rings is 2. The second-order valence-electron chi connectivity index (χ2n) is 6.49. The Morgan fingerprint density at radius 3 is 2.35 bits per heavy atom. The van der Waals surface area contributed by atoms with Crippen molar-refractivity contribution in [3.05, 3.63) is 65.0 Å². The van der Waals surface area contributed by atoms with Crippen LogP contribution in [0.25, 0.3) is 0 Å². The molecule has 3 rings (SSSR count). The molecule has 23 heavy (non-hydrogen) atoms. The standard InChI is InChI=1S/C20H25FN2/c1-15-5-10-19(13-16(15)2)22-14-20(23-11-3-4-12-23)17-6-8-18(21)9-7-17/h5-10,13,20,22H,3-4,11-12,14H2,1-2H3. The van der Waals surface area contributed by atoms with Crippen LogP contribution in [0.15, 0.2) is 42.5 Å². The van der Waals surface area contributed by atoms with Gasteiger partial charge in [-0.15, -0.1) is 0 Å². The number of hydrogen-bond acceptors (Lipinski definition) is 2. The molecule has 1 N–H and O–H groups in total.